The van der Waals surface area contributed by atoms with E-state index in [1.54, 1.807) is 19.4 Å². The first-order valence-corrected chi connectivity index (χ1v) is 8.46. The van der Waals surface area contributed by atoms with Gasteiger partial charge in [0, 0.05) is 5.38 Å². The molecule has 0 saturated carbocycles. The number of hydrogen-bond donors (Lipinski definition) is 2. The number of benzene rings is 1. The fraction of sp³-hybridized carbons (Fsp3) is 0.412. The molecular weight excluding hydrogens is 312 g/mol. The van der Waals surface area contributed by atoms with Gasteiger partial charge in [-0.15, -0.1) is 0 Å². The first-order chi connectivity index (χ1) is 11.0. The van der Waals surface area contributed by atoms with Crippen molar-refractivity contribution >= 4 is 17.4 Å². The maximum absolute atomic E-state index is 12.3. The molecule has 122 valence electrons. The molecule has 0 aliphatic heterocycles. The van der Waals surface area contributed by atoms with Gasteiger partial charge >= 0.3 is 0 Å². The van der Waals surface area contributed by atoms with Crippen molar-refractivity contribution in [2.75, 3.05) is 13.7 Å². The van der Waals surface area contributed by atoms with Crippen LogP contribution in [0.3, 0.4) is 0 Å². The zero-order chi connectivity index (χ0) is 16.4. The third kappa shape index (κ3) is 3.09. The molecule has 1 heterocycles. The van der Waals surface area contributed by atoms with Crippen molar-refractivity contribution in [2.45, 2.75) is 31.8 Å². The van der Waals surface area contributed by atoms with Crippen molar-refractivity contribution in [2.24, 2.45) is 0 Å². The van der Waals surface area contributed by atoms with Crippen LogP contribution in [-0.4, -0.2) is 29.0 Å². The SMILES string of the molecule is COc1ccc2c(c1)C(O)(CNC(=O)c1csnc1C)CCC2. The number of nitrogens with one attached hydrogen (secondary N) is 1. The normalized spacial score (nSPS) is 20.0. The van der Waals surface area contributed by atoms with Gasteiger partial charge in [0.05, 0.1) is 24.9 Å². The standard InChI is InChI=1S/C17H20N2O3S/c1-11-14(9-23-19-11)16(20)18-10-17(21)7-3-4-12-5-6-13(22-2)8-15(12)17/h5-6,8-9,21H,3-4,7,10H2,1-2H3,(H,18,20). The Kier molecular flexibility index (Phi) is 4.37. The number of aryl methyl sites for hydroxylation is 2. The van der Waals surface area contributed by atoms with Crippen LogP contribution in [0.5, 0.6) is 5.75 Å². The van der Waals surface area contributed by atoms with Crippen LogP contribution in [0.25, 0.3) is 0 Å². The lowest BCUT2D eigenvalue weighted by Gasteiger charge is -2.35. The molecule has 0 fully saturated rings. The Morgan fingerprint density at radius 3 is 3.04 bits per heavy atom. The molecule has 1 unspecified atom stereocenters. The monoisotopic (exact) mass is 332 g/mol. The number of methoxy groups -OCH3 is 1. The van der Waals surface area contributed by atoms with Gasteiger partial charge in [0.1, 0.15) is 11.4 Å². The highest BCUT2D eigenvalue weighted by atomic mass is 32.1. The Balaban J connectivity index is 1.80. The highest BCUT2D eigenvalue weighted by Crippen LogP contribution is 2.37. The van der Waals surface area contributed by atoms with E-state index < -0.39 is 5.60 Å². The van der Waals surface area contributed by atoms with Gasteiger partial charge in [-0.25, -0.2) is 0 Å². The molecule has 23 heavy (non-hydrogen) atoms. The third-order valence-electron chi connectivity index (χ3n) is 4.39. The average Bonchev–Trinajstić information content (AvgIpc) is 2.99. The highest BCUT2D eigenvalue weighted by molar-refractivity contribution is 7.03. The molecule has 6 heteroatoms. The van der Waals surface area contributed by atoms with E-state index >= 15 is 0 Å². The minimum Gasteiger partial charge on any atom is -0.497 e. The summed E-state index contributed by atoms with van der Waals surface area (Å²) in [6.07, 6.45) is 2.45. The van der Waals surface area contributed by atoms with E-state index in [1.165, 1.54) is 11.5 Å². The summed E-state index contributed by atoms with van der Waals surface area (Å²) in [6, 6.07) is 5.77. The summed E-state index contributed by atoms with van der Waals surface area (Å²) < 4.78 is 9.38. The lowest BCUT2D eigenvalue weighted by atomic mass is 9.79. The molecule has 1 aliphatic carbocycles. The molecule has 2 N–H and O–H groups in total. The van der Waals surface area contributed by atoms with Crippen LogP contribution in [0.15, 0.2) is 23.6 Å². The van der Waals surface area contributed by atoms with E-state index in [9.17, 15) is 9.90 Å². The number of ether oxygens (including phenoxy) is 1. The van der Waals surface area contributed by atoms with Crippen molar-refractivity contribution < 1.29 is 14.6 Å². The second-order valence-electron chi connectivity index (χ2n) is 5.90. The molecule has 5 nitrogen and oxygen atoms in total. The van der Waals surface area contributed by atoms with Crippen LogP contribution < -0.4 is 10.1 Å². The minimum absolute atomic E-state index is 0.182. The minimum atomic E-state index is -1.06. The molecule has 2 aromatic rings. The topological polar surface area (TPSA) is 71.5 Å². The number of aliphatic hydroxyl groups is 1. The summed E-state index contributed by atoms with van der Waals surface area (Å²) in [4.78, 5) is 12.3. The molecule has 3 rings (SSSR count). The average molecular weight is 332 g/mol. The number of carbonyl (C=O) groups is 1. The van der Waals surface area contributed by atoms with Crippen LogP contribution in [0, 0.1) is 6.92 Å². The van der Waals surface area contributed by atoms with Crippen LogP contribution in [0.2, 0.25) is 0 Å². The summed E-state index contributed by atoms with van der Waals surface area (Å²) >= 11 is 1.26. The highest BCUT2D eigenvalue weighted by Gasteiger charge is 2.35. The molecule has 1 amide bonds. The Labute approximate surface area is 139 Å². The number of aromatic nitrogens is 1. The van der Waals surface area contributed by atoms with E-state index in [0.29, 0.717) is 23.4 Å². The number of hydrogen-bond acceptors (Lipinski definition) is 5. The smallest absolute Gasteiger partial charge is 0.254 e. The second-order valence-corrected chi connectivity index (χ2v) is 6.53. The molecule has 1 atom stereocenters. The Bertz CT molecular complexity index is 728. The van der Waals surface area contributed by atoms with Crippen molar-refractivity contribution in [3.8, 4) is 5.75 Å². The Morgan fingerprint density at radius 1 is 1.52 bits per heavy atom. The van der Waals surface area contributed by atoms with Crippen molar-refractivity contribution in [3.63, 3.8) is 0 Å². The zero-order valence-electron chi connectivity index (χ0n) is 13.3. The number of fused-ring (bicyclic) bond motifs is 1. The predicted molar refractivity (Wildman–Crippen MR) is 89.0 cm³/mol. The van der Waals surface area contributed by atoms with Gasteiger partial charge < -0.3 is 15.2 Å². The molecule has 1 aliphatic rings. The summed E-state index contributed by atoms with van der Waals surface area (Å²) in [7, 11) is 1.61. The largest absolute Gasteiger partial charge is 0.497 e. The quantitative estimate of drug-likeness (QED) is 0.902. The lowest BCUT2D eigenvalue weighted by Crippen LogP contribution is -2.43. The van der Waals surface area contributed by atoms with E-state index in [2.05, 4.69) is 9.69 Å². The van der Waals surface area contributed by atoms with Crippen LogP contribution in [-0.2, 0) is 12.0 Å². The van der Waals surface area contributed by atoms with Gasteiger partial charge in [-0.05, 0) is 61.0 Å². The summed E-state index contributed by atoms with van der Waals surface area (Å²) in [5.41, 5.74) is 2.19. The van der Waals surface area contributed by atoms with Crippen LogP contribution >= 0.6 is 11.5 Å². The van der Waals surface area contributed by atoms with E-state index in [1.807, 2.05) is 18.2 Å². The van der Waals surface area contributed by atoms with Gasteiger partial charge in [-0.3, -0.25) is 4.79 Å². The van der Waals surface area contributed by atoms with Gasteiger partial charge in [0.25, 0.3) is 5.91 Å². The summed E-state index contributed by atoms with van der Waals surface area (Å²) in [5.74, 6) is 0.521. The lowest BCUT2D eigenvalue weighted by molar-refractivity contribution is 0.0187. The summed E-state index contributed by atoms with van der Waals surface area (Å²) in [5, 5.41) is 15.7. The number of rotatable bonds is 4. The van der Waals surface area contributed by atoms with Crippen molar-refractivity contribution in [1.29, 1.82) is 0 Å². The predicted octanol–water partition coefficient (Wildman–Crippen LogP) is 2.41. The van der Waals surface area contributed by atoms with Crippen molar-refractivity contribution in [3.05, 3.63) is 46.0 Å². The van der Waals surface area contributed by atoms with Crippen molar-refractivity contribution in [1.82, 2.24) is 9.69 Å². The molecule has 0 saturated heterocycles. The molecule has 0 radical (unpaired) electrons. The maximum Gasteiger partial charge on any atom is 0.254 e. The number of amides is 1. The summed E-state index contributed by atoms with van der Waals surface area (Å²) in [6.45, 7) is 1.99. The number of nitrogens with zero attached hydrogens (tertiary/aromatic N) is 1. The van der Waals surface area contributed by atoms with Gasteiger partial charge in [0.15, 0.2) is 0 Å². The fourth-order valence-electron chi connectivity index (χ4n) is 3.06. The molecule has 0 bridgehead atoms. The number of carbonyl (C=O) groups excluding carboxylic acids is 1. The zero-order valence-corrected chi connectivity index (χ0v) is 14.1. The van der Waals surface area contributed by atoms with Crippen LogP contribution in [0.1, 0.15) is 40.0 Å². The third-order valence-corrected chi connectivity index (χ3v) is 5.11. The molecule has 0 spiro atoms. The van der Waals surface area contributed by atoms with E-state index in [4.69, 9.17) is 4.74 Å². The molecular formula is C17H20N2O3S. The van der Waals surface area contributed by atoms with E-state index in [0.717, 1.165) is 24.0 Å². The Hall–Kier alpha value is -1.92. The second kappa shape index (κ2) is 6.29. The van der Waals surface area contributed by atoms with Gasteiger partial charge in [-0.2, -0.15) is 4.37 Å². The fourth-order valence-corrected chi connectivity index (χ4v) is 3.75. The Morgan fingerprint density at radius 2 is 2.35 bits per heavy atom. The van der Waals surface area contributed by atoms with Gasteiger partial charge in [-0.1, -0.05) is 6.07 Å². The first kappa shape index (κ1) is 16.0. The molecule has 1 aromatic heterocycles. The maximum atomic E-state index is 12.3. The first-order valence-electron chi connectivity index (χ1n) is 7.62. The van der Waals surface area contributed by atoms with Crippen LogP contribution in [0.4, 0.5) is 0 Å². The molecule has 1 aromatic carbocycles. The van der Waals surface area contributed by atoms with E-state index in [-0.39, 0.29) is 12.5 Å². The van der Waals surface area contributed by atoms with Gasteiger partial charge in [0.2, 0.25) is 0 Å².